The van der Waals surface area contributed by atoms with Crippen LogP contribution in [0.1, 0.15) is 12.5 Å². The van der Waals surface area contributed by atoms with Gasteiger partial charge in [0.2, 0.25) is 0 Å². The van der Waals surface area contributed by atoms with Crippen LogP contribution in [-0.2, 0) is 6.42 Å². The lowest BCUT2D eigenvalue weighted by Crippen LogP contribution is -1.95. The lowest BCUT2D eigenvalue weighted by molar-refractivity contribution is 0.414. The summed E-state index contributed by atoms with van der Waals surface area (Å²) >= 11 is 2.43. The topological polar surface area (TPSA) is 9.23 Å². The summed E-state index contributed by atoms with van der Waals surface area (Å²) in [5.41, 5.74) is 1.37. The molecule has 1 atom stereocenters. The van der Waals surface area contributed by atoms with E-state index in [-0.39, 0.29) is 0 Å². The second-order valence-electron chi connectivity index (χ2n) is 2.83. The summed E-state index contributed by atoms with van der Waals surface area (Å²) in [6.07, 6.45) is 1.13. The molecule has 0 aliphatic heterocycles. The molecule has 0 fully saturated rings. The van der Waals surface area contributed by atoms with Gasteiger partial charge in [-0.25, -0.2) is 0 Å². The van der Waals surface area contributed by atoms with Crippen molar-refractivity contribution in [2.45, 2.75) is 17.3 Å². The predicted molar refractivity (Wildman–Crippen MR) is 60.2 cm³/mol. The van der Waals surface area contributed by atoms with Crippen molar-refractivity contribution in [2.75, 3.05) is 7.11 Å². The SMILES string of the molecule is COc1ccc(CC(C)I)cc1. The fraction of sp³-hybridized carbons (Fsp3) is 0.400. The molecule has 0 heterocycles. The second kappa shape index (κ2) is 4.70. The third-order valence-corrected chi connectivity index (χ3v) is 2.12. The third-order valence-electron chi connectivity index (χ3n) is 1.68. The third kappa shape index (κ3) is 3.01. The van der Waals surface area contributed by atoms with Gasteiger partial charge in [0.25, 0.3) is 0 Å². The summed E-state index contributed by atoms with van der Waals surface area (Å²) in [6, 6.07) is 8.25. The number of benzene rings is 1. The molecule has 0 amide bonds. The molecule has 1 aromatic carbocycles. The zero-order valence-corrected chi connectivity index (χ0v) is 9.54. The van der Waals surface area contributed by atoms with Crippen molar-refractivity contribution in [1.29, 1.82) is 0 Å². The second-order valence-corrected chi connectivity index (χ2v) is 4.96. The first-order valence-electron chi connectivity index (χ1n) is 3.99. The summed E-state index contributed by atoms with van der Waals surface area (Å²) in [5, 5.41) is 0. The molecular formula is C10H13IO. The molecule has 1 nitrogen and oxygen atoms in total. The van der Waals surface area contributed by atoms with Crippen LogP contribution in [0.25, 0.3) is 0 Å². The number of methoxy groups -OCH3 is 1. The predicted octanol–water partition coefficient (Wildman–Crippen LogP) is 3.06. The number of hydrogen-bond donors (Lipinski definition) is 0. The molecule has 0 N–H and O–H groups in total. The van der Waals surface area contributed by atoms with E-state index in [4.69, 9.17) is 4.74 Å². The Morgan fingerprint density at radius 1 is 1.33 bits per heavy atom. The first-order valence-corrected chi connectivity index (χ1v) is 5.24. The summed E-state index contributed by atoms with van der Waals surface area (Å²) in [7, 11) is 1.69. The minimum atomic E-state index is 0.691. The summed E-state index contributed by atoms with van der Waals surface area (Å²) in [4.78, 5) is 0. The highest BCUT2D eigenvalue weighted by atomic mass is 127. The Kier molecular flexibility index (Phi) is 3.85. The van der Waals surface area contributed by atoms with Crippen LogP contribution in [0.3, 0.4) is 0 Å². The summed E-state index contributed by atoms with van der Waals surface area (Å²) in [6.45, 7) is 2.21. The number of hydrogen-bond acceptors (Lipinski definition) is 1. The van der Waals surface area contributed by atoms with Crippen LogP contribution in [0.5, 0.6) is 5.75 Å². The van der Waals surface area contributed by atoms with E-state index in [2.05, 4.69) is 41.6 Å². The monoisotopic (exact) mass is 276 g/mol. The average Bonchev–Trinajstić information content (AvgIpc) is 2.05. The molecule has 0 saturated carbocycles. The number of halogens is 1. The molecule has 0 bridgehead atoms. The smallest absolute Gasteiger partial charge is 0.118 e. The fourth-order valence-corrected chi connectivity index (χ4v) is 1.59. The molecule has 0 saturated heterocycles. The lowest BCUT2D eigenvalue weighted by Gasteiger charge is -2.04. The van der Waals surface area contributed by atoms with Crippen molar-refractivity contribution in [3.8, 4) is 5.75 Å². The van der Waals surface area contributed by atoms with Gasteiger partial charge in [-0.15, -0.1) is 0 Å². The van der Waals surface area contributed by atoms with E-state index >= 15 is 0 Å². The van der Waals surface area contributed by atoms with Crippen LogP contribution in [0.15, 0.2) is 24.3 Å². The maximum atomic E-state index is 5.07. The van der Waals surface area contributed by atoms with Gasteiger partial charge in [0.05, 0.1) is 7.11 Å². The molecule has 2 heteroatoms. The summed E-state index contributed by atoms with van der Waals surface area (Å²) in [5.74, 6) is 0.930. The normalized spacial score (nSPS) is 12.6. The van der Waals surface area contributed by atoms with Crippen LogP contribution < -0.4 is 4.74 Å². The molecule has 66 valence electrons. The molecule has 1 rings (SSSR count). The van der Waals surface area contributed by atoms with Gasteiger partial charge in [-0.1, -0.05) is 41.6 Å². The number of alkyl halides is 1. The van der Waals surface area contributed by atoms with E-state index in [9.17, 15) is 0 Å². The average molecular weight is 276 g/mol. The van der Waals surface area contributed by atoms with Crippen molar-refractivity contribution >= 4 is 22.6 Å². The zero-order chi connectivity index (χ0) is 8.97. The summed E-state index contributed by atoms with van der Waals surface area (Å²) < 4.78 is 5.76. The minimum Gasteiger partial charge on any atom is -0.497 e. The van der Waals surface area contributed by atoms with E-state index in [1.54, 1.807) is 7.11 Å². The van der Waals surface area contributed by atoms with E-state index in [1.165, 1.54) is 5.56 Å². The molecule has 1 aromatic rings. The molecule has 1 unspecified atom stereocenters. The van der Waals surface area contributed by atoms with Gasteiger partial charge in [-0.2, -0.15) is 0 Å². The van der Waals surface area contributed by atoms with Crippen LogP contribution in [0.2, 0.25) is 0 Å². The highest BCUT2D eigenvalue weighted by Gasteiger charge is 1.98. The Morgan fingerprint density at radius 3 is 2.33 bits per heavy atom. The van der Waals surface area contributed by atoms with Gasteiger partial charge in [0.15, 0.2) is 0 Å². The van der Waals surface area contributed by atoms with Crippen molar-refractivity contribution in [1.82, 2.24) is 0 Å². The maximum absolute atomic E-state index is 5.07. The maximum Gasteiger partial charge on any atom is 0.118 e. The van der Waals surface area contributed by atoms with Crippen LogP contribution in [-0.4, -0.2) is 11.0 Å². The molecular weight excluding hydrogens is 263 g/mol. The van der Waals surface area contributed by atoms with Crippen molar-refractivity contribution in [2.24, 2.45) is 0 Å². The van der Waals surface area contributed by atoms with Crippen LogP contribution >= 0.6 is 22.6 Å². The Bertz CT molecular complexity index is 228. The fourth-order valence-electron chi connectivity index (χ4n) is 1.09. The Balaban J connectivity index is 2.65. The molecule has 12 heavy (non-hydrogen) atoms. The quantitative estimate of drug-likeness (QED) is 0.609. The Hall–Kier alpha value is -0.250. The highest BCUT2D eigenvalue weighted by molar-refractivity contribution is 14.1. The molecule has 0 aromatic heterocycles. The van der Waals surface area contributed by atoms with Gasteiger partial charge < -0.3 is 4.74 Å². The van der Waals surface area contributed by atoms with Crippen molar-refractivity contribution in [3.63, 3.8) is 0 Å². The largest absolute Gasteiger partial charge is 0.497 e. The first-order chi connectivity index (χ1) is 5.72. The first kappa shape index (κ1) is 9.84. The van der Waals surface area contributed by atoms with Crippen molar-refractivity contribution < 1.29 is 4.74 Å². The molecule has 0 spiro atoms. The van der Waals surface area contributed by atoms with Crippen molar-refractivity contribution in [3.05, 3.63) is 29.8 Å². The van der Waals surface area contributed by atoms with E-state index < -0.39 is 0 Å². The Labute approximate surface area is 87.3 Å². The molecule has 0 radical (unpaired) electrons. The number of ether oxygens (including phenoxy) is 1. The highest BCUT2D eigenvalue weighted by Crippen LogP contribution is 2.14. The van der Waals surface area contributed by atoms with E-state index in [1.807, 2.05) is 12.1 Å². The standard InChI is InChI=1S/C10H13IO/c1-8(11)7-9-3-5-10(12-2)6-4-9/h3-6,8H,7H2,1-2H3. The lowest BCUT2D eigenvalue weighted by atomic mass is 10.1. The van der Waals surface area contributed by atoms with E-state index in [0.29, 0.717) is 3.92 Å². The molecule has 0 aliphatic carbocycles. The van der Waals surface area contributed by atoms with Crippen LogP contribution in [0, 0.1) is 0 Å². The van der Waals surface area contributed by atoms with Gasteiger partial charge in [-0.3, -0.25) is 0 Å². The zero-order valence-electron chi connectivity index (χ0n) is 7.38. The van der Waals surface area contributed by atoms with Gasteiger partial charge in [0, 0.05) is 3.92 Å². The molecule has 0 aliphatic rings. The van der Waals surface area contributed by atoms with Gasteiger partial charge >= 0.3 is 0 Å². The minimum absolute atomic E-state index is 0.691. The van der Waals surface area contributed by atoms with Gasteiger partial charge in [-0.05, 0) is 24.1 Å². The van der Waals surface area contributed by atoms with E-state index in [0.717, 1.165) is 12.2 Å². The van der Waals surface area contributed by atoms with Gasteiger partial charge in [0.1, 0.15) is 5.75 Å². The van der Waals surface area contributed by atoms with Crippen LogP contribution in [0.4, 0.5) is 0 Å². The Morgan fingerprint density at radius 2 is 1.92 bits per heavy atom. The number of rotatable bonds is 3.